The summed E-state index contributed by atoms with van der Waals surface area (Å²) in [5.74, 6) is 0.438. The highest BCUT2D eigenvalue weighted by Crippen LogP contribution is 2.26. The van der Waals surface area contributed by atoms with Crippen LogP contribution in [0.25, 0.3) is 0 Å². The maximum Gasteiger partial charge on any atom is 0.264 e. The summed E-state index contributed by atoms with van der Waals surface area (Å²) < 4.78 is 28.7. The van der Waals surface area contributed by atoms with E-state index in [9.17, 15) is 13.2 Å². The van der Waals surface area contributed by atoms with Crippen molar-refractivity contribution in [3.05, 3.63) is 58.6 Å². The van der Waals surface area contributed by atoms with Gasteiger partial charge in [0.15, 0.2) is 0 Å². The fraction of sp³-hybridized carbons (Fsp3) is 0.381. The Morgan fingerprint density at radius 3 is 2.21 bits per heavy atom. The molecule has 150 valence electrons. The topological polar surface area (TPSA) is 57.7 Å². The van der Waals surface area contributed by atoms with Crippen LogP contribution in [0.5, 0.6) is 0 Å². The van der Waals surface area contributed by atoms with Crippen LogP contribution >= 0.6 is 15.9 Å². The molecule has 3 rings (SSSR count). The van der Waals surface area contributed by atoms with Gasteiger partial charge in [-0.3, -0.25) is 9.10 Å². The van der Waals surface area contributed by atoms with E-state index in [0.29, 0.717) is 24.7 Å². The number of sulfonamides is 1. The first-order valence-electron chi connectivity index (χ1n) is 9.40. The Bertz CT molecular complexity index is 919. The van der Waals surface area contributed by atoms with Crippen molar-refractivity contribution in [3.63, 3.8) is 0 Å². The molecular weight excluding hydrogens is 440 g/mol. The smallest absolute Gasteiger partial charge is 0.264 e. The van der Waals surface area contributed by atoms with Gasteiger partial charge in [0.2, 0.25) is 5.91 Å². The molecule has 7 heteroatoms. The summed E-state index contributed by atoms with van der Waals surface area (Å²) >= 11 is 3.37. The molecule has 0 atom stereocenters. The number of amides is 1. The number of carbonyl (C=O) groups is 1. The van der Waals surface area contributed by atoms with Gasteiger partial charge in [-0.05, 0) is 62.1 Å². The van der Waals surface area contributed by atoms with Gasteiger partial charge in [-0.2, -0.15) is 0 Å². The van der Waals surface area contributed by atoms with E-state index < -0.39 is 10.0 Å². The second-order valence-electron chi connectivity index (χ2n) is 7.36. The number of anilines is 1. The van der Waals surface area contributed by atoms with Gasteiger partial charge in [0.05, 0.1) is 10.6 Å². The van der Waals surface area contributed by atoms with Crippen LogP contribution in [-0.2, 0) is 14.8 Å². The number of rotatable bonds is 5. The summed E-state index contributed by atoms with van der Waals surface area (Å²) in [5, 5.41) is 0. The van der Waals surface area contributed by atoms with E-state index in [2.05, 4.69) is 22.9 Å². The molecule has 28 heavy (non-hydrogen) atoms. The highest BCUT2D eigenvalue weighted by molar-refractivity contribution is 9.10. The fourth-order valence-electron chi connectivity index (χ4n) is 3.24. The predicted octanol–water partition coefficient (Wildman–Crippen LogP) is 4.21. The molecule has 5 nitrogen and oxygen atoms in total. The summed E-state index contributed by atoms with van der Waals surface area (Å²) in [4.78, 5) is 14.9. The number of aryl methyl sites for hydroxylation is 1. The molecule has 0 spiro atoms. The zero-order chi connectivity index (χ0) is 20.3. The van der Waals surface area contributed by atoms with Crippen molar-refractivity contribution in [2.75, 3.05) is 23.9 Å². The maximum absolute atomic E-state index is 13.3. The number of hydrogen-bond donors (Lipinski definition) is 0. The summed E-state index contributed by atoms with van der Waals surface area (Å²) in [5.41, 5.74) is 1.45. The van der Waals surface area contributed by atoms with Crippen LogP contribution in [0.4, 0.5) is 5.69 Å². The lowest BCUT2D eigenvalue weighted by Gasteiger charge is -2.32. The minimum Gasteiger partial charge on any atom is -0.341 e. The summed E-state index contributed by atoms with van der Waals surface area (Å²) in [7, 11) is -3.86. The molecule has 1 aliphatic heterocycles. The van der Waals surface area contributed by atoms with Crippen molar-refractivity contribution in [1.29, 1.82) is 0 Å². The lowest BCUT2D eigenvalue weighted by atomic mass is 9.99. The highest BCUT2D eigenvalue weighted by Gasteiger charge is 2.30. The number of benzene rings is 2. The number of piperidine rings is 1. The van der Waals surface area contributed by atoms with E-state index in [1.165, 1.54) is 4.31 Å². The zero-order valence-corrected chi connectivity index (χ0v) is 18.5. The predicted molar refractivity (Wildman–Crippen MR) is 115 cm³/mol. The van der Waals surface area contributed by atoms with E-state index in [1.807, 2.05) is 6.92 Å². The van der Waals surface area contributed by atoms with Gasteiger partial charge in [0.25, 0.3) is 10.0 Å². The number of hydrogen-bond acceptors (Lipinski definition) is 3. The first-order valence-corrected chi connectivity index (χ1v) is 11.6. The standard InChI is InChI=1S/C21H25BrN2O3S/c1-16-3-9-20(10-4-16)28(26,27)24(19-7-5-18(22)6-8-19)15-21(25)23-13-11-17(2)12-14-23/h3-10,17H,11-15H2,1-2H3. The Balaban J connectivity index is 1.92. The lowest BCUT2D eigenvalue weighted by Crippen LogP contribution is -2.45. The van der Waals surface area contributed by atoms with Crippen molar-refractivity contribution >= 4 is 37.5 Å². The second-order valence-corrected chi connectivity index (χ2v) is 10.1. The molecule has 0 aliphatic carbocycles. The van der Waals surface area contributed by atoms with Gasteiger partial charge in [0.1, 0.15) is 6.54 Å². The Labute approximate surface area is 175 Å². The molecular formula is C21H25BrN2O3S. The second kappa shape index (κ2) is 8.66. The van der Waals surface area contributed by atoms with Gasteiger partial charge in [-0.15, -0.1) is 0 Å². The first kappa shape index (κ1) is 20.9. The van der Waals surface area contributed by atoms with E-state index in [-0.39, 0.29) is 17.3 Å². The molecule has 0 bridgehead atoms. The SMILES string of the molecule is Cc1ccc(S(=O)(=O)N(CC(=O)N2CCC(C)CC2)c2ccc(Br)cc2)cc1. The van der Waals surface area contributed by atoms with Crippen molar-refractivity contribution < 1.29 is 13.2 Å². The highest BCUT2D eigenvalue weighted by atomic mass is 79.9. The van der Waals surface area contributed by atoms with Crippen molar-refractivity contribution in [2.45, 2.75) is 31.6 Å². The third kappa shape index (κ3) is 4.75. The van der Waals surface area contributed by atoms with E-state index >= 15 is 0 Å². The van der Waals surface area contributed by atoms with Crippen molar-refractivity contribution in [2.24, 2.45) is 5.92 Å². The van der Waals surface area contributed by atoms with Crippen molar-refractivity contribution in [3.8, 4) is 0 Å². The number of nitrogens with zero attached hydrogens (tertiary/aromatic N) is 2. The van der Waals surface area contributed by atoms with Crippen LogP contribution in [0.1, 0.15) is 25.3 Å². The summed E-state index contributed by atoms with van der Waals surface area (Å²) in [6.45, 7) is 5.24. The molecule has 1 amide bonds. The van der Waals surface area contributed by atoms with E-state index in [0.717, 1.165) is 22.9 Å². The van der Waals surface area contributed by atoms with Gasteiger partial charge >= 0.3 is 0 Å². The van der Waals surface area contributed by atoms with Gasteiger partial charge in [-0.25, -0.2) is 8.42 Å². The Morgan fingerprint density at radius 1 is 1.07 bits per heavy atom. The monoisotopic (exact) mass is 464 g/mol. The molecule has 1 saturated heterocycles. The Hall–Kier alpha value is -1.86. The molecule has 0 aromatic heterocycles. The van der Waals surface area contributed by atoms with Crippen LogP contribution in [0.3, 0.4) is 0 Å². The minimum absolute atomic E-state index is 0.162. The van der Waals surface area contributed by atoms with Crippen molar-refractivity contribution in [1.82, 2.24) is 4.90 Å². The van der Waals surface area contributed by atoms with Crippen LogP contribution in [0.2, 0.25) is 0 Å². The van der Waals surface area contributed by atoms with Gasteiger partial charge < -0.3 is 4.90 Å². The van der Waals surface area contributed by atoms with E-state index in [1.54, 1.807) is 53.4 Å². The minimum atomic E-state index is -3.86. The zero-order valence-electron chi connectivity index (χ0n) is 16.1. The summed E-state index contributed by atoms with van der Waals surface area (Å²) in [6.07, 6.45) is 1.91. The molecule has 2 aromatic carbocycles. The van der Waals surface area contributed by atoms with Crippen LogP contribution < -0.4 is 4.31 Å². The molecule has 1 aliphatic rings. The van der Waals surface area contributed by atoms with Gasteiger partial charge in [0, 0.05) is 17.6 Å². The normalized spacial score (nSPS) is 15.5. The van der Waals surface area contributed by atoms with Crippen LogP contribution in [0.15, 0.2) is 57.9 Å². The first-order chi connectivity index (χ1) is 13.3. The quantitative estimate of drug-likeness (QED) is 0.665. The van der Waals surface area contributed by atoms with Gasteiger partial charge in [-0.1, -0.05) is 40.5 Å². The number of likely N-dealkylation sites (tertiary alicyclic amines) is 1. The average Bonchev–Trinajstić information content (AvgIpc) is 2.67. The molecule has 1 heterocycles. The third-order valence-electron chi connectivity index (χ3n) is 5.14. The summed E-state index contributed by atoms with van der Waals surface area (Å²) in [6, 6.07) is 13.7. The molecule has 1 fully saturated rings. The largest absolute Gasteiger partial charge is 0.341 e. The molecule has 0 N–H and O–H groups in total. The number of halogens is 1. The molecule has 2 aromatic rings. The Kier molecular flexibility index (Phi) is 6.45. The molecule has 0 unspecified atom stereocenters. The number of carbonyl (C=O) groups excluding carboxylic acids is 1. The fourth-order valence-corrected chi connectivity index (χ4v) is 4.92. The molecule has 0 saturated carbocycles. The van der Waals surface area contributed by atoms with E-state index in [4.69, 9.17) is 0 Å². The lowest BCUT2D eigenvalue weighted by molar-refractivity contribution is -0.130. The third-order valence-corrected chi connectivity index (χ3v) is 7.46. The van der Waals surface area contributed by atoms with Crippen LogP contribution in [0, 0.1) is 12.8 Å². The average molecular weight is 465 g/mol. The van der Waals surface area contributed by atoms with Crippen LogP contribution in [-0.4, -0.2) is 38.9 Å². The molecule has 0 radical (unpaired) electrons. The Morgan fingerprint density at radius 2 is 1.64 bits per heavy atom. The maximum atomic E-state index is 13.3.